The van der Waals surface area contributed by atoms with Gasteiger partial charge in [0.1, 0.15) is 22.8 Å². The Morgan fingerprint density at radius 3 is 2.36 bits per heavy atom. The number of amides is 1. The molecule has 36 heavy (non-hydrogen) atoms. The molecule has 0 spiro atoms. The number of alkyl halides is 3. The Labute approximate surface area is 197 Å². The molecule has 0 unspecified atom stereocenters. The van der Waals surface area contributed by atoms with Crippen molar-refractivity contribution < 1.29 is 31.7 Å². The molecule has 1 amide bonds. The van der Waals surface area contributed by atoms with Crippen LogP contribution in [0.3, 0.4) is 0 Å². The highest BCUT2D eigenvalue weighted by molar-refractivity contribution is 6.07. The molecule has 3 N–H and O–H groups in total. The number of nitro benzene ring substituents is 1. The first-order chi connectivity index (χ1) is 17.0. The van der Waals surface area contributed by atoms with Crippen molar-refractivity contribution in [3.63, 3.8) is 0 Å². The number of anilines is 2. The summed E-state index contributed by atoms with van der Waals surface area (Å²) in [7, 11) is 0. The van der Waals surface area contributed by atoms with Crippen molar-refractivity contribution in [2.75, 3.05) is 11.1 Å². The fourth-order valence-corrected chi connectivity index (χ4v) is 3.30. The number of nitrogen functional groups attached to an aromatic ring is 1. The number of carbonyl (C=O) groups is 1. The normalized spacial score (nSPS) is 11.4. The average molecular weight is 505 g/mol. The van der Waals surface area contributed by atoms with Gasteiger partial charge in [-0.3, -0.25) is 14.9 Å². The van der Waals surface area contributed by atoms with Crippen LogP contribution in [-0.4, -0.2) is 30.8 Å². The van der Waals surface area contributed by atoms with Crippen LogP contribution in [0.2, 0.25) is 0 Å². The maximum atomic E-state index is 14.9. The van der Waals surface area contributed by atoms with E-state index in [9.17, 15) is 36.9 Å². The van der Waals surface area contributed by atoms with Crippen LogP contribution in [-0.2, 0) is 6.18 Å². The first-order valence-electron chi connectivity index (χ1n) is 9.74. The Morgan fingerprint density at radius 2 is 1.75 bits per heavy atom. The number of hydrogen-bond acceptors (Lipinski definition) is 7. The zero-order chi connectivity index (χ0) is 26.2. The summed E-state index contributed by atoms with van der Waals surface area (Å²) >= 11 is 0. The maximum absolute atomic E-state index is 14.9. The summed E-state index contributed by atoms with van der Waals surface area (Å²) in [5, 5.41) is 20.8. The van der Waals surface area contributed by atoms with Gasteiger partial charge < -0.3 is 11.1 Å². The van der Waals surface area contributed by atoms with Crippen LogP contribution in [0.25, 0.3) is 16.9 Å². The van der Waals surface area contributed by atoms with Crippen LogP contribution in [0.4, 0.5) is 39.0 Å². The highest BCUT2D eigenvalue weighted by Gasteiger charge is 2.36. The average Bonchev–Trinajstić information content (AvgIpc) is 3.33. The summed E-state index contributed by atoms with van der Waals surface area (Å²) in [4.78, 5) is 27.6. The molecule has 4 aromatic rings. The maximum Gasteiger partial charge on any atom is 0.420 e. The van der Waals surface area contributed by atoms with Crippen LogP contribution in [0.15, 0.2) is 55.0 Å². The predicted molar refractivity (Wildman–Crippen MR) is 115 cm³/mol. The van der Waals surface area contributed by atoms with Gasteiger partial charge in [0.25, 0.3) is 11.6 Å². The fraction of sp³-hybridized carbons (Fsp3) is 0.0476. The molecule has 4 rings (SSSR count). The second-order valence-electron chi connectivity index (χ2n) is 7.20. The second kappa shape index (κ2) is 9.01. The van der Waals surface area contributed by atoms with Gasteiger partial charge in [0.2, 0.25) is 0 Å². The molecule has 15 heteroatoms. The minimum Gasteiger partial charge on any atom is -0.398 e. The van der Waals surface area contributed by atoms with Gasteiger partial charge in [-0.25, -0.2) is 13.8 Å². The van der Waals surface area contributed by atoms with E-state index in [1.807, 2.05) is 5.32 Å². The number of nitrogens with two attached hydrogens (primary N) is 1. The highest BCUT2D eigenvalue weighted by atomic mass is 19.4. The van der Waals surface area contributed by atoms with E-state index in [1.165, 1.54) is 0 Å². The summed E-state index contributed by atoms with van der Waals surface area (Å²) < 4.78 is 68.9. The van der Waals surface area contributed by atoms with Crippen LogP contribution in [0.1, 0.15) is 15.9 Å². The minimum absolute atomic E-state index is 0.0641. The quantitative estimate of drug-likeness (QED) is 0.178. The Balaban J connectivity index is 1.73. The third-order valence-electron chi connectivity index (χ3n) is 4.87. The monoisotopic (exact) mass is 505 g/mol. The number of pyridine rings is 1. The number of nitro groups is 1. The molecule has 0 fully saturated rings. The molecule has 0 atom stereocenters. The van der Waals surface area contributed by atoms with Gasteiger partial charge in [-0.15, -0.1) is 4.80 Å². The third-order valence-corrected chi connectivity index (χ3v) is 4.87. The molecule has 0 saturated carbocycles. The van der Waals surface area contributed by atoms with Crippen molar-refractivity contribution in [3.8, 4) is 16.9 Å². The van der Waals surface area contributed by atoms with E-state index in [-0.39, 0.29) is 16.8 Å². The zero-order valence-electron chi connectivity index (χ0n) is 17.6. The highest BCUT2D eigenvalue weighted by Crippen LogP contribution is 2.36. The van der Waals surface area contributed by atoms with Gasteiger partial charge in [0, 0.05) is 22.9 Å². The summed E-state index contributed by atoms with van der Waals surface area (Å²) in [6.07, 6.45) is -1.81. The molecule has 0 radical (unpaired) electrons. The topological polar surface area (TPSA) is 142 Å². The number of aromatic nitrogens is 4. The lowest BCUT2D eigenvalue weighted by Gasteiger charge is -2.14. The Morgan fingerprint density at radius 1 is 1.06 bits per heavy atom. The van der Waals surface area contributed by atoms with Crippen molar-refractivity contribution in [2.24, 2.45) is 0 Å². The number of carbonyl (C=O) groups excluding carboxylic acids is 1. The molecule has 0 bridgehead atoms. The molecule has 2 aromatic carbocycles. The zero-order valence-corrected chi connectivity index (χ0v) is 17.6. The second-order valence-corrected chi connectivity index (χ2v) is 7.20. The van der Waals surface area contributed by atoms with E-state index in [4.69, 9.17) is 5.73 Å². The summed E-state index contributed by atoms with van der Waals surface area (Å²) in [6.45, 7) is 0. The predicted octanol–water partition coefficient (Wildman–Crippen LogP) is 4.37. The first kappa shape index (κ1) is 24.2. The van der Waals surface area contributed by atoms with E-state index >= 15 is 0 Å². The summed E-state index contributed by atoms with van der Waals surface area (Å²) in [5.74, 6) is -3.79. The lowest BCUT2D eigenvalue weighted by molar-refractivity contribution is -0.385. The molecular weight excluding hydrogens is 493 g/mol. The Hall–Kier alpha value is -4.95. The van der Waals surface area contributed by atoms with Gasteiger partial charge in [-0.05, 0) is 30.3 Å². The number of nitrogens with zero attached hydrogens (tertiary/aromatic N) is 5. The van der Waals surface area contributed by atoms with Crippen molar-refractivity contribution >= 4 is 23.0 Å². The Kier molecular flexibility index (Phi) is 6.05. The van der Waals surface area contributed by atoms with Crippen molar-refractivity contribution in [1.82, 2.24) is 20.0 Å². The van der Waals surface area contributed by atoms with Crippen LogP contribution in [0.5, 0.6) is 0 Å². The van der Waals surface area contributed by atoms with Crippen molar-refractivity contribution in [1.29, 1.82) is 0 Å². The molecular formula is C21H12F5N7O3. The summed E-state index contributed by atoms with van der Waals surface area (Å²) in [6, 6.07) is 4.73. The number of halogens is 5. The molecule has 2 heterocycles. The van der Waals surface area contributed by atoms with E-state index in [2.05, 4.69) is 15.2 Å². The Bertz CT molecular complexity index is 1490. The first-order valence-corrected chi connectivity index (χ1v) is 9.74. The van der Waals surface area contributed by atoms with E-state index in [0.717, 1.165) is 42.9 Å². The lowest BCUT2D eigenvalue weighted by atomic mass is 9.99. The van der Waals surface area contributed by atoms with Gasteiger partial charge >= 0.3 is 6.18 Å². The van der Waals surface area contributed by atoms with Crippen LogP contribution < -0.4 is 11.1 Å². The van der Waals surface area contributed by atoms with Gasteiger partial charge in [-0.1, -0.05) is 0 Å². The van der Waals surface area contributed by atoms with E-state index in [0.29, 0.717) is 16.9 Å². The van der Waals surface area contributed by atoms with Crippen LogP contribution >= 0.6 is 0 Å². The number of rotatable bonds is 5. The van der Waals surface area contributed by atoms with Crippen LogP contribution in [0, 0.1) is 21.7 Å². The van der Waals surface area contributed by atoms with Gasteiger partial charge in [-0.2, -0.15) is 23.4 Å². The van der Waals surface area contributed by atoms with Gasteiger partial charge in [0.15, 0.2) is 5.82 Å². The number of nitrogens with one attached hydrogen (secondary N) is 1. The van der Waals surface area contributed by atoms with Crippen molar-refractivity contribution in [2.45, 2.75) is 6.18 Å². The number of hydrogen-bond donors (Lipinski definition) is 2. The standard InChI is InChI=1S/C21H12F5N7O3/c22-10-1-2-12(17(27)5-10)13-8-18(33(35)36)14(7-16(13)23)20(34)31-11-6-15(21(24,25)26)19(28-9-11)32-29-3-4-30-32/h1-9H,27H2,(H,31,34). The molecule has 0 aliphatic rings. The SMILES string of the molecule is Nc1cc(F)ccc1-c1cc([N+](=O)[O-])c(C(=O)Nc2cnc(-n3nccn3)c(C(F)(F)F)c2)cc1F. The number of benzene rings is 2. The third kappa shape index (κ3) is 4.66. The molecule has 0 aliphatic heterocycles. The van der Waals surface area contributed by atoms with Gasteiger partial charge in [0.05, 0.1) is 29.2 Å². The largest absolute Gasteiger partial charge is 0.420 e. The molecule has 0 aliphatic carbocycles. The lowest BCUT2D eigenvalue weighted by Crippen LogP contribution is -2.18. The molecule has 10 nitrogen and oxygen atoms in total. The smallest absolute Gasteiger partial charge is 0.398 e. The minimum atomic E-state index is -4.93. The van der Waals surface area contributed by atoms with E-state index < -0.39 is 57.0 Å². The van der Waals surface area contributed by atoms with Crippen molar-refractivity contribution in [3.05, 3.63) is 87.9 Å². The molecule has 2 aromatic heterocycles. The summed E-state index contributed by atoms with van der Waals surface area (Å²) in [5.41, 5.74) is 1.59. The van der Waals surface area contributed by atoms with E-state index in [1.54, 1.807) is 0 Å². The molecule has 184 valence electrons. The fourth-order valence-electron chi connectivity index (χ4n) is 3.30. The molecule has 0 saturated heterocycles.